The van der Waals surface area contributed by atoms with Gasteiger partial charge >= 0.3 is 0 Å². The summed E-state index contributed by atoms with van der Waals surface area (Å²) in [5.74, 6) is 3.69. The van der Waals surface area contributed by atoms with Gasteiger partial charge in [-0.15, -0.1) is 0 Å². The van der Waals surface area contributed by atoms with Gasteiger partial charge in [0.1, 0.15) is 0 Å². The molecular weight excluding hydrogens is 342 g/mol. The molecule has 2 aliphatic heterocycles. The zero-order valence-electron chi connectivity index (χ0n) is 13.0. The van der Waals surface area contributed by atoms with Crippen molar-refractivity contribution in [1.29, 1.82) is 0 Å². The SMILES string of the molecule is S=c1[nH]nc(-c2ccc3c(c2)OCO3)n1Cc1ccc2c(c1)OCO2. The Kier molecular flexibility index (Phi) is 3.17. The van der Waals surface area contributed by atoms with Gasteiger partial charge in [-0.25, -0.2) is 0 Å². The predicted molar refractivity (Wildman–Crippen MR) is 90.6 cm³/mol. The second-order valence-electron chi connectivity index (χ2n) is 5.69. The van der Waals surface area contributed by atoms with Crippen molar-refractivity contribution in [1.82, 2.24) is 14.8 Å². The Morgan fingerprint density at radius 2 is 1.60 bits per heavy atom. The Morgan fingerprint density at radius 1 is 0.920 bits per heavy atom. The van der Waals surface area contributed by atoms with Crippen molar-refractivity contribution in [2.75, 3.05) is 13.6 Å². The number of aromatic amines is 1. The molecule has 3 aromatic rings. The number of benzene rings is 2. The number of nitrogens with zero attached hydrogens (tertiary/aromatic N) is 2. The molecule has 0 saturated carbocycles. The Morgan fingerprint density at radius 3 is 2.40 bits per heavy atom. The fourth-order valence-electron chi connectivity index (χ4n) is 2.94. The van der Waals surface area contributed by atoms with Crippen LogP contribution in [-0.2, 0) is 6.54 Å². The maximum Gasteiger partial charge on any atom is 0.231 e. The first kappa shape index (κ1) is 14.4. The summed E-state index contributed by atoms with van der Waals surface area (Å²) < 4.78 is 24.1. The molecule has 1 aromatic heterocycles. The Bertz CT molecular complexity index is 1030. The molecule has 3 heterocycles. The first-order chi connectivity index (χ1) is 12.3. The third kappa shape index (κ3) is 2.42. The van der Waals surface area contributed by atoms with Crippen LogP contribution in [0, 0.1) is 4.77 Å². The van der Waals surface area contributed by atoms with Crippen LogP contribution in [0.3, 0.4) is 0 Å². The average Bonchev–Trinajstić information content (AvgIpc) is 3.34. The number of hydrogen-bond donors (Lipinski definition) is 1. The van der Waals surface area contributed by atoms with E-state index in [1.54, 1.807) is 0 Å². The number of fused-ring (bicyclic) bond motifs is 2. The topological polar surface area (TPSA) is 70.5 Å². The molecule has 0 radical (unpaired) electrons. The number of ether oxygens (including phenoxy) is 4. The van der Waals surface area contributed by atoms with Gasteiger partial charge in [0.15, 0.2) is 33.6 Å². The van der Waals surface area contributed by atoms with Gasteiger partial charge in [0.2, 0.25) is 13.6 Å². The zero-order chi connectivity index (χ0) is 16.8. The van der Waals surface area contributed by atoms with Crippen LogP contribution >= 0.6 is 12.2 Å². The van der Waals surface area contributed by atoms with E-state index in [4.69, 9.17) is 31.2 Å². The summed E-state index contributed by atoms with van der Waals surface area (Å²) in [6.45, 7) is 1.06. The van der Waals surface area contributed by atoms with Crippen molar-refractivity contribution >= 4 is 12.2 Å². The van der Waals surface area contributed by atoms with Crippen LogP contribution in [0.2, 0.25) is 0 Å². The molecule has 0 aliphatic carbocycles. The second kappa shape index (κ2) is 5.52. The van der Waals surface area contributed by atoms with E-state index in [0.717, 1.165) is 34.2 Å². The molecule has 1 N–H and O–H groups in total. The molecule has 7 nitrogen and oxygen atoms in total. The number of nitrogens with one attached hydrogen (secondary N) is 1. The molecule has 0 bridgehead atoms. The summed E-state index contributed by atoms with van der Waals surface area (Å²) in [4.78, 5) is 0. The van der Waals surface area contributed by atoms with Crippen molar-refractivity contribution in [3.63, 3.8) is 0 Å². The molecule has 0 unspecified atom stereocenters. The Labute approximate surface area is 147 Å². The molecule has 0 fully saturated rings. The maximum atomic E-state index is 5.45. The highest BCUT2D eigenvalue weighted by atomic mass is 32.1. The van der Waals surface area contributed by atoms with Crippen LogP contribution in [0.5, 0.6) is 23.0 Å². The van der Waals surface area contributed by atoms with Gasteiger partial charge in [0.25, 0.3) is 0 Å². The summed E-state index contributed by atoms with van der Waals surface area (Å²) in [6.07, 6.45) is 0. The van der Waals surface area contributed by atoms with Gasteiger partial charge in [-0.05, 0) is 48.1 Å². The van der Waals surface area contributed by atoms with E-state index in [9.17, 15) is 0 Å². The van der Waals surface area contributed by atoms with Gasteiger partial charge in [-0.1, -0.05) is 6.07 Å². The highest BCUT2D eigenvalue weighted by Crippen LogP contribution is 2.36. The molecule has 0 amide bonds. The first-order valence-corrected chi connectivity index (χ1v) is 8.12. The van der Waals surface area contributed by atoms with Gasteiger partial charge in [0, 0.05) is 5.56 Å². The molecule has 25 heavy (non-hydrogen) atoms. The number of aromatic nitrogens is 3. The van der Waals surface area contributed by atoms with Crippen LogP contribution in [0.15, 0.2) is 36.4 Å². The second-order valence-corrected chi connectivity index (χ2v) is 6.08. The quantitative estimate of drug-likeness (QED) is 0.728. The standard InChI is InChI=1S/C17H13N3O4S/c25-17-19-18-16(11-2-4-13-15(6-11)24-9-22-13)20(17)7-10-1-3-12-14(5-10)23-8-21-12/h1-6H,7-9H2,(H,19,25). The van der Waals surface area contributed by atoms with Crippen molar-refractivity contribution in [3.05, 3.63) is 46.7 Å². The third-order valence-corrected chi connectivity index (χ3v) is 4.48. The van der Waals surface area contributed by atoms with Crippen molar-refractivity contribution < 1.29 is 18.9 Å². The maximum absolute atomic E-state index is 5.45. The lowest BCUT2D eigenvalue weighted by molar-refractivity contribution is 0.173. The smallest absolute Gasteiger partial charge is 0.231 e. The zero-order valence-corrected chi connectivity index (χ0v) is 13.8. The van der Waals surface area contributed by atoms with Crippen LogP contribution in [-0.4, -0.2) is 28.4 Å². The average molecular weight is 355 g/mol. The molecule has 8 heteroatoms. The molecule has 0 saturated heterocycles. The van der Waals surface area contributed by atoms with Gasteiger partial charge in [-0.2, -0.15) is 5.10 Å². The lowest BCUT2D eigenvalue weighted by Crippen LogP contribution is -2.02. The lowest BCUT2D eigenvalue weighted by atomic mass is 10.1. The van der Waals surface area contributed by atoms with E-state index in [0.29, 0.717) is 17.1 Å². The van der Waals surface area contributed by atoms with E-state index in [-0.39, 0.29) is 13.6 Å². The predicted octanol–water partition coefficient (Wildman–Crippen LogP) is 3.11. The minimum atomic E-state index is 0.239. The van der Waals surface area contributed by atoms with Crippen LogP contribution in [0.1, 0.15) is 5.56 Å². The molecule has 2 aliphatic rings. The summed E-state index contributed by atoms with van der Waals surface area (Å²) in [5, 5.41) is 7.24. The van der Waals surface area contributed by atoms with E-state index in [1.807, 2.05) is 41.0 Å². The van der Waals surface area contributed by atoms with E-state index < -0.39 is 0 Å². The summed E-state index contributed by atoms with van der Waals surface area (Å²) in [6, 6.07) is 11.6. The molecule has 0 spiro atoms. The first-order valence-electron chi connectivity index (χ1n) is 7.72. The monoisotopic (exact) mass is 355 g/mol. The van der Waals surface area contributed by atoms with E-state index >= 15 is 0 Å². The molecule has 0 atom stereocenters. The minimum absolute atomic E-state index is 0.239. The molecule has 126 valence electrons. The lowest BCUT2D eigenvalue weighted by Gasteiger charge is -2.08. The molecule has 5 rings (SSSR count). The largest absolute Gasteiger partial charge is 0.454 e. The number of hydrogen-bond acceptors (Lipinski definition) is 6. The Balaban J connectivity index is 1.52. The van der Waals surface area contributed by atoms with Crippen LogP contribution < -0.4 is 18.9 Å². The van der Waals surface area contributed by atoms with Crippen molar-refractivity contribution in [3.8, 4) is 34.4 Å². The van der Waals surface area contributed by atoms with Crippen LogP contribution in [0.4, 0.5) is 0 Å². The third-order valence-electron chi connectivity index (χ3n) is 4.17. The highest BCUT2D eigenvalue weighted by molar-refractivity contribution is 7.71. The summed E-state index contributed by atoms with van der Waals surface area (Å²) >= 11 is 5.40. The highest BCUT2D eigenvalue weighted by Gasteiger charge is 2.18. The minimum Gasteiger partial charge on any atom is -0.454 e. The molecular formula is C17H13N3O4S. The van der Waals surface area contributed by atoms with Gasteiger partial charge < -0.3 is 18.9 Å². The Hall–Kier alpha value is -3.00. The number of rotatable bonds is 3. The summed E-state index contributed by atoms with van der Waals surface area (Å²) in [7, 11) is 0. The van der Waals surface area contributed by atoms with Gasteiger partial charge in [-0.3, -0.25) is 9.67 Å². The van der Waals surface area contributed by atoms with Gasteiger partial charge in [0.05, 0.1) is 6.54 Å². The van der Waals surface area contributed by atoms with Crippen LogP contribution in [0.25, 0.3) is 11.4 Å². The molecule has 2 aromatic carbocycles. The fourth-order valence-corrected chi connectivity index (χ4v) is 3.14. The van der Waals surface area contributed by atoms with E-state index in [2.05, 4.69) is 10.2 Å². The van der Waals surface area contributed by atoms with Crippen molar-refractivity contribution in [2.45, 2.75) is 6.54 Å². The van der Waals surface area contributed by atoms with E-state index in [1.165, 1.54) is 0 Å². The number of H-pyrrole nitrogens is 1. The van der Waals surface area contributed by atoms with Crippen molar-refractivity contribution in [2.24, 2.45) is 0 Å². The summed E-state index contributed by atoms with van der Waals surface area (Å²) in [5.41, 5.74) is 1.95. The fraction of sp³-hybridized carbons (Fsp3) is 0.176. The normalized spacial score (nSPS) is 14.1.